The molecule has 1 spiro atoms. The fourth-order valence-corrected chi connectivity index (χ4v) is 12.9. The number of halogens is 1. The summed E-state index contributed by atoms with van der Waals surface area (Å²) in [6, 6.07) is 17.5. The number of nitrogens with zero attached hydrogens (tertiary/aromatic N) is 4. The number of sulfonamides is 1. The molecule has 73 heavy (non-hydrogen) atoms. The minimum atomic E-state index is -4.78. The predicted octanol–water partition coefficient (Wildman–Crippen LogP) is 9.41. The number of aliphatic hydroxyl groups is 1. The molecule has 0 bridgehead atoms. The number of aromatic nitrogens is 2. The molecule has 1 amide bonds. The second-order valence-electron chi connectivity index (χ2n) is 21.6. The molecule has 10 rings (SSSR count). The summed E-state index contributed by atoms with van der Waals surface area (Å²) < 4.78 is 69.4. The van der Waals surface area contributed by atoms with Crippen LogP contribution in [0.2, 0.25) is 0 Å². The lowest BCUT2D eigenvalue weighted by molar-refractivity contribution is -0.384. The summed E-state index contributed by atoms with van der Waals surface area (Å²) in [5, 5.41) is 26.3. The number of aromatic amines is 1. The van der Waals surface area contributed by atoms with Crippen LogP contribution in [0.5, 0.6) is 23.1 Å². The Morgan fingerprint density at radius 3 is 2.51 bits per heavy atom. The molecule has 1 unspecified atom stereocenters. The number of ether oxygens (including phenoxy) is 4. The SMILES string of the molecule is COC(C)COc1nc2[nH]cc(F)c2cc1Oc1cc(N2CCC3(CC2)CN([C@H]2CCC[C@H]2c2ccccc2C(C)C)C3)ccc1C(=O)NS(=O)(=O)c1cc2c(c([N+](=O)[O-])c1)N[C@@H]([C@H]1CC[C@](C)(O)CC1)CO2. The number of methoxy groups -OCH3 is 1. The second-order valence-corrected chi connectivity index (χ2v) is 23.3. The molecule has 19 heteroatoms. The zero-order chi connectivity index (χ0) is 51.4. The normalized spacial score (nSPS) is 24.4. The first-order chi connectivity index (χ1) is 34.9. The Bertz CT molecular complexity index is 2990. The molecule has 4 N–H and O–H groups in total. The Balaban J connectivity index is 0.904. The Kier molecular flexibility index (Phi) is 13.8. The van der Waals surface area contributed by atoms with E-state index in [4.69, 9.17) is 18.9 Å². The van der Waals surface area contributed by atoms with Gasteiger partial charge in [-0.3, -0.25) is 19.8 Å². The van der Waals surface area contributed by atoms with Crippen molar-refractivity contribution >= 4 is 44.0 Å². The van der Waals surface area contributed by atoms with Gasteiger partial charge in [0.25, 0.3) is 27.5 Å². The van der Waals surface area contributed by atoms with Gasteiger partial charge >= 0.3 is 0 Å². The lowest BCUT2D eigenvalue weighted by Gasteiger charge is -2.57. The Labute approximate surface area is 425 Å². The number of hydrogen-bond acceptors (Lipinski definition) is 14. The Morgan fingerprint density at radius 2 is 1.78 bits per heavy atom. The smallest absolute Gasteiger partial charge is 0.297 e. The van der Waals surface area contributed by atoms with Crippen molar-refractivity contribution in [3.63, 3.8) is 0 Å². The van der Waals surface area contributed by atoms with Crippen LogP contribution < -0.4 is 29.1 Å². The first kappa shape index (κ1) is 50.5. The molecule has 5 heterocycles. The summed E-state index contributed by atoms with van der Waals surface area (Å²) in [5.41, 5.74) is 2.60. The zero-order valence-electron chi connectivity index (χ0n) is 42.1. The summed E-state index contributed by atoms with van der Waals surface area (Å²) in [6.07, 6.45) is 8.87. The van der Waals surface area contributed by atoms with E-state index in [0.29, 0.717) is 43.6 Å². The topological polar surface area (TPSA) is 211 Å². The average Bonchev–Trinajstić information content (AvgIpc) is 4.00. The van der Waals surface area contributed by atoms with Gasteiger partial charge < -0.3 is 39.3 Å². The van der Waals surface area contributed by atoms with Crippen molar-refractivity contribution in [2.24, 2.45) is 11.3 Å². The summed E-state index contributed by atoms with van der Waals surface area (Å²) in [7, 11) is -3.25. The number of anilines is 2. The van der Waals surface area contributed by atoms with Crippen molar-refractivity contribution in [1.29, 1.82) is 0 Å². The third kappa shape index (κ3) is 10.3. The molecule has 3 aromatic carbocycles. The van der Waals surface area contributed by atoms with E-state index in [0.717, 1.165) is 63.0 Å². The summed E-state index contributed by atoms with van der Waals surface area (Å²) >= 11 is 0. The molecule has 5 aliphatic rings. The monoisotopic (exact) mass is 1020 g/mol. The van der Waals surface area contributed by atoms with Crippen LogP contribution in [-0.2, 0) is 14.8 Å². The maximum absolute atomic E-state index is 15.1. The first-order valence-electron chi connectivity index (χ1n) is 25.6. The van der Waals surface area contributed by atoms with Crippen molar-refractivity contribution in [3.8, 4) is 23.1 Å². The van der Waals surface area contributed by atoms with E-state index in [1.54, 1.807) is 26.0 Å². The lowest BCUT2D eigenvalue weighted by Crippen LogP contribution is -2.63. The highest BCUT2D eigenvalue weighted by Gasteiger charge is 2.49. The first-order valence-corrected chi connectivity index (χ1v) is 27.1. The quantitative estimate of drug-likeness (QED) is 0.0569. The van der Waals surface area contributed by atoms with Gasteiger partial charge in [0.15, 0.2) is 17.2 Å². The number of piperidine rings is 1. The van der Waals surface area contributed by atoms with Crippen molar-refractivity contribution in [3.05, 3.63) is 99.5 Å². The molecule has 0 radical (unpaired) electrons. The highest BCUT2D eigenvalue weighted by Crippen LogP contribution is 2.50. The highest BCUT2D eigenvalue weighted by molar-refractivity contribution is 7.90. The van der Waals surface area contributed by atoms with E-state index in [9.17, 15) is 28.4 Å². The van der Waals surface area contributed by atoms with Crippen molar-refractivity contribution in [1.82, 2.24) is 19.6 Å². The molecule has 2 aliphatic carbocycles. The Hall–Kier alpha value is -6.02. The molecule has 390 valence electrons. The number of nitro benzene ring substituents is 1. The number of fused-ring (bicyclic) bond motifs is 2. The number of nitro groups is 1. The van der Waals surface area contributed by atoms with Gasteiger partial charge in [-0.05, 0) is 112 Å². The fourth-order valence-electron chi connectivity index (χ4n) is 11.9. The van der Waals surface area contributed by atoms with Crippen LogP contribution in [0, 0.1) is 27.3 Å². The van der Waals surface area contributed by atoms with Gasteiger partial charge in [0.05, 0.1) is 38.5 Å². The summed E-state index contributed by atoms with van der Waals surface area (Å²) in [6.45, 7) is 11.9. The van der Waals surface area contributed by atoms with Gasteiger partial charge in [0.2, 0.25) is 0 Å². The number of carbonyl (C=O) groups excluding carboxylic acids is 1. The number of hydrogen-bond donors (Lipinski definition) is 4. The molecular formula is C54H66FN7O10S. The van der Waals surface area contributed by atoms with Gasteiger partial charge in [-0.2, -0.15) is 4.98 Å². The van der Waals surface area contributed by atoms with Crippen molar-refractivity contribution in [2.75, 3.05) is 56.7 Å². The van der Waals surface area contributed by atoms with Gasteiger partial charge in [0.1, 0.15) is 30.4 Å². The molecule has 2 saturated heterocycles. The number of pyridine rings is 1. The number of H-pyrrole nitrogens is 1. The molecule has 5 aromatic rings. The third-order valence-electron chi connectivity index (χ3n) is 16.3. The number of amides is 1. The second kappa shape index (κ2) is 20.0. The van der Waals surface area contributed by atoms with Gasteiger partial charge in [0, 0.05) is 75.5 Å². The van der Waals surface area contributed by atoms with E-state index in [1.165, 1.54) is 49.6 Å². The number of rotatable bonds is 15. The molecule has 3 aliphatic heterocycles. The molecule has 4 atom stereocenters. The molecule has 17 nitrogen and oxygen atoms in total. The molecular weight excluding hydrogens is 958 g/mol. The lowest BCUT2D eigenvalue weighted by atomic mass is 9.70. The van der Waals surface area contributed by atoms with Crippen LogP contribution in [0.15, 0.2) is 71.8 Å². The van der Waals surface area contributed by atoms with Crippen LogP contribution >= 0.6 is 0 Å². The molecule has 2 aromatic heterocycles. The van der Waals surface area contributed by atoms with Crippen molar-refractivity contribution < 1.29 is 46.6 Å². The van der Waals surface area contributed by atoms with E-state index >= 15 is 4.39 Å². The van der Waals surface area contributed by atoms with Crippen LogP contribution in [0.3, 0.4) is 0 Å². The summed E-state index contributed by atoms with van der Waals surface area (Å²) in [5.74, 6) is -0.777. The van der Waals surface area contributed by atoms with E-state index in [-0.39, 0.29) is 82.1 Å². The largest absolute Gasteiger partial charge is 0.489 e. The zero-order valence-corrected chi connectivity index (χ0v) is 42.9. The number of likely N-dealkylation sites (tertiary alicyclic amines) is 1. The van der Waals surface area contributed by atoms with Gasteiger partial charge in [-0.25, -0.2) is 17.5 Å². The summed E-state index contributed by atoms with van der Waals surface area (Å²) in [4.78, 5) is 37.8. The average molecular weight is 1020 g/mol. The van der Waals surface area contributed by atoms with Gasteiger partial charge in [-0.1, -0.05) is 44.5 Å². The standard InChI is InChI=1S/C54H66FN7O10S/c1-32(2)37-9-6-7-10-38(37)39-11-8-12-44(39)61-30-54(31-61)19-21-60(22-20-54)35-13-14-40(46(23-35)72-48-26-41-42(55)27-56-50(41)58-52(48)71-28-33(3)69-5)51(63)59-73(67,68)36-24-45(62(65)66)49-47(25-36)70-29-43(57-49)34-15-17-53(4,64)18-16-34/h6-7,9-10,13-14,23-27,32-34,39,43-44,57,64H,8,11-12,15-22,28-31H2,1-5H3,(H,56,58)(H,59,63)/t33?,34-,39-,43+,44-,53-/m0/s1. The number of benzene rings is 3. The van der Waals surface area contributed by atoms with Crippen LogP contribution in [-0.4, -0.2) is 110 Å². The Morgan fingerprint density at radius 1 is 1.03 bits per heavy atom. The van der Waals surface area contributed by atoms with Crippen LogP contribution in [0.1, 0.15) is 119 Å². The fraction of sp³-hybridized carbons (Fsp3) is 0.519. The van der Waals surface area contributed by atoms with Crippen LogP contribution in [0.4, 0.5) is 21.5 Å². The highest BCUT2D eigenvalue weighted by atomic mass is 32.2. The van der Waals surface area contributed by atoms with Gasteiger partial charge in [-0.15, -0.1) is 0 Å². The molecule has 2 saturated carbocycles. The molecule has 4 fully saturated rings. The minimum Gasteiger partial charge on any atom is -0.489 e. The third-order valence-corrected chi connectivity index (χ3v) is 17.6. The van der Waals surface area contributed by atoms with E-state index in [1.807, 2.05) is 0 Å². The van der Waals surface area contributed by atoms with E-state index in [2.05, 4.69) is 67.9 Å². The maximum atomic E-state index is 15.1. The predicted molar refractivity (Wildman–Crippen MR) is 274 cm³/mol. The maximum Gasteiger partial charge on any atom is 0.297 e. The van der Waals surface area contributed by atoms with Crippen LogP contribution in [0.25, 0.3) is 11.0 Å². The number of nitrogens with one attached hydrogen (secondary N) is 3. The minimum absolute atomic E-state index is 0.0261. The number of carbonyl (C=O) groups is 1. The van der Waals surface area contributed by atoms with E-state index < -0.39 is 42.9 Å². The van der Waals surface area contributed by atoms with Crippen molar-refractivity contribution in [2.45, 2.75) is 126 Å².